The SMILES string of the molecule is CC[C@@H]1C(=O)C=C(c2ccccc2)[C@H]1CC(=O)c1ccccc1. The normalized spacial score (nSPS) is 20.4. The third-order valence-electron chi connectivity index (χ3n) is 4.60. The van der Waals surface area contributed by atoms with E-state index in [2.05, 4.69) is 0 Å². The molecule has 0 N–H and O–H groups in total. The van der Waals surface area contributed by atoms with Crippen LogP contribution in [0.15, 0.2) is 66.7 Å². The summed E-state index contributed by atoms with van der Waals surface area (Å²) in [5, 5.41) is 0. The lowest BCUT2D eigenvalue weighted by atomic mass is 9.81. The molecule has 0 aromatic heterocycles. The lowest BCUT2D eigenvalue weighted by Gasteiger charge is -2.20. The van der Waals surface area contributed by atoms with Crippen molar-refractivity contribution in [2.75, 3.05) is 0 Å². The number of allylic oxidation sites excluding steroid dienone is 2. The first-order valence-corrected chi connectivity index (χ1v) is 8.09. The number of carbonyl (C=O) groups excluding carboxylic acids is 2. The summed E-state index contributed by atoms with van der Waals surface area (Å²) in [4.78, 5) is 24.9. The van der Waals surface area contributed by atoms with Gasteiger partial charge in [-0.1, -0.05) is 67.6 Å². The van der Waals surface area contributed by atoms with E-state index >= 15 is 0 Å². The van der Waals surface area contributed by atoms with Gasteiger partial charge in [0.15, 0.2) is 11.6 Å². The Hall–Kier alpha value is -2.48. The first-order chi connectivity index (χ1) is 11.2. The van der Waals surface area contributed by atoms with Gasteiger partial charge in [0.25, 0.3) is 0 Å². The number of benzene rings is 2. The van der Waals surface area contributed by atoms with E-state index in [1.807, 2.05) is 67.6 Å². The lowest BCUT2D eigenvalue weighted by Crippen LogP contribution is -2.19. The lowest BCUT2D eigenvalue weighted by molar-refractivity contribution is -0.118. The van der Waals surface area contributed by atoms with Gasteiger partial charge in [0, 0.05) is 23.8 Å². The molecule has 23 heavy (non-hydrogen) atoms. The summed E-state index contributed by atoms with van der Waals surface area (Å²) in [7, 11) is 0. The molecule has 2 heteroatoms. The molecule has 2 atom stereocenters. The van der Waals surface area contributed by atoms with Gasteiger partial charge >= 0.3 is 0 Å². The minimum absolute atomic E-state index is 0.0254. The van der Waals surface area contributed by atoms with Gasteiger partial charge in [-0.3, -0.25) is 9.59 Å². The number of Topliss-reactive ketones (excluding diaryl/α,β-unsaturated/α-hetero) is 1. The fourth-order valence-electron chi connectivity index (χ4n) is 3.39. The summed E-state index contributed by atoms with van der Waals surface area (Å²) in [6, 6.07) is 19.2. The van der Waals surface area contributed by atoms with Gasteiger partial charge in [-0.2, -0.15) is 0 Å². The minimum Gasteiger partial charge on any atom is -0.295 e. The molecule has 2 nitrogen and oxygen atoms in total. The van der Waals surface area contributed by atoms with Crippen LogP contribution in [-0.2, 0) is 4.79 Å². The molecule has 0 saturated heterocycles. The maximum absolute atomic E-state index is 12.6. The summed E-state index contributed by atoms with van der Waals surface area (Å²) in [5.41, 5.74) is 2.77. The molecule has 0 amide bonds. The van der Waals surface area contributed by atoms with E-state index < -0.39 is 0 Å². The monoisotopic (exact) mass is 304 g/mol. The van der Waals surface area contributed by atoms with Crippen molar-refractivity contribution in [2.45, 2.75) is 19.8 Å². The minimum atomic E-state index is -0.0853. The summed E-state index contributed by atoms with van der Waals surface area (Å²) >= 11 is 0. The Labute approximate surface area is 136 Å². The van der Waals surface area contributed by atoms with Crippen molar-refractivity contribution in [3.63, 3.8) is 0 Å². The topological polar surface area (TPSA) is 34.1 Å². The van der Waals surface area contributed by atoms with Crippen molar-refractivity contribution in [1.82, 2.24) is 0 Å². The highest BCUT2D eigenvalue weighted by atomic mass is 16.1. The Kier molecular flexibility index (Phi) is 4.52. The maximum Gasteiger partial charge on any atom is 0.163 e. The van der Waals surface area contributed by atoms with Gasteiger partial charge in [0.1, 0.15) is 0 Å². The van der Waals surface area contributed by atoms with Gasteiger partial charge < -0.3 is 0 Å². The molecule has 1 aliphatic carbocycles. The summed E-state index contributed by atoms with van der Waals surface area (Å²) in [6.07, 6.45) is 2.89. The number of carbonyl (C=O) groups is 2. The van der Waals surface area contributed by atoms with Crippen LogP contribution in [0, 0.1) is 11.8 Å². The van der Waals surface area contributed by atoms with Gasteiger partial charge in [0.05, 0.1) is 0 Å². The highest BCUT2D eigenvalue weighted by molar-refractivity contribution is 6.06. The molecule has 2 aromatic rings. The predicted molar refractivity (Wildman–Crippen MR) is 92.1 cm³/mol. The Morgan fingerprint density at radius 2 is 1.52 bits per heavy atom. The van der Waals surface area contributed by atoms with Crippen LogP contribution in [-0.4, -0.2) is 11.6 Å². The van der Waals surface area contributed by atoms with Crippen LogP contribution in [0.4, 0.5) is 0 Å². The third kappa shape index (κ3) is 3.16. The van der Waals surface area contributed by atoms with Crippen LogP contribution in [0.25, 0.3) is 5.57 Å². The second-order valence-corrected chi connectivity index (χ2v) is 5.98. The second-order valence-electron chi connectivity index (χ2n) is 5.98. The summed E-state index contributed by atoms with van der Waals surface area (Å²) in [6.45, 7) is 2.02. The first kappa shape index (κ1) is 15.4. The van der Waals surface area contributed by atoms with E-state index in [0.29, 0.717) is 12.0 Å². The molecule has 0 radical (unpaired) electrons. The molecule has 116 valence electrons. The fraction of sp³-hybridized carbons (Fsp3) is 0.238. The molecule has 0 bridgehead atoms. The predicted octanol–water partition coefficient (Wildman–Crippen LogP) is 4.57. The van der Waals surface area contributed by atoms with Crippen molar-refractivity contribution >= 4 is 17.1 Å². The fourth-order valence-corrected chi connectivity index (χ4v) is 3.39. The van der Waals surface area contributed by atoms with E-state index in [-0.39, 0.29) is 23.4 Å². The molecule has 3 rings (SSSR count). The summed E-state index contributed by atoms with van der Waals surface area (Å²) in [5.74, 6) is 0.142. The van der Waals surface area contributed by atoms with Gasteiger partial charge in [-0.25, -0.2) is 0 Å². The van der Waals surface area contributed by atoms with Crippen LogP contribution in [0.1, 0.15) is 35.7 Å². The molecular formula is C21H20O2. The van der Waals surface area contributed by atoms with Crippen LogP contribution in [0.5, 0.6) is 0 Å². The molecule has 1 aliphatic rings. The third-order valence-corrected chi connectivity index (χ3v) is 4.60. The highest BCUT2D eigenvalue weighted by Gasteiger charge is 2.36. The van der Waals surface area contributed by atoms with E-state index in [1.165, 1.54) is 0 Å². The Balaban J connectivity index is 1.89. The van der Waals surface area contributed by atoms with Crippen molar-refractivity contribution in [1.29, 1.82) is 0 Å². The molecule has 0 aliphatic heterocycles. The van der Waals surface area contributed by atoms with Crippen LogP contribution < -0.4 is 0 Å². The second kappa shape index (κ2) is 6.74. The molecule has 0 spiro atoms. The van der Waals surface area contributed by atoms with Crippen LogP contribution in [0.2, 0.25) is 0 Å². The molecule has 2 aromatic carbocycles. The number of ketones is 2. The molecule has 0 fully saturated rings. The zero-order chi connectivity index (χ0) is 16.2. The maximum atomic E-state index is 12.6. The number of hydrogen-bond donors (Lipinski definition) is 0. The van der Waals surface area contributed by atoms with Crippen molar-refractivity contribution in [3.8, 4) is 0 Å². The van der Waals surface area contributed by atoms with Crippen molar-refractivity contribution in [2.24, 2.45) is 11.8 Å². The van der Waals surface area contributed by atoms with Crippen molar-refractivity contribution in [3.05, 3.63) is 77.9 Å². The molecule has 0 unspecified atom stereocenters. The zero-order valence-corrected chi connectivity index (χ0v) is 13.2. The van der Waals surface area contributed by atoms with E-state index in [0.717, 1.165) is 17.6 Å². The number of rotatable bonds is 5. The van der Waals surface area contributed by atoms with Crippen LogP contribution in [0.3, 0.4) is 0 Å². The average molecular weight is 304 g/mol. The van der Waals surface area contributed by atoms with E-state index in [1.54, 1.807) is 6.08 Å². The average Bonchev–Trinajstić information content (AvgIpc) is 2.92. The van der Waals surface area contributed by atoms with Gasteiger partial charge in [0.2, 0.25) is 0 Å². The zero-order valence-electron chi connectivity index (χ0n) is 13.2. The van der Waals surface area contributed by atoms with Crippen molar-refractivity contribution < 1.29 is 9.59 Å². The molecule has 0 saturated carbocycles. The van der Waals surface area contributed by atoms with Gasteiger partial charge in [-0.05, 0) is 23.6 Å². The number of hydrogen-bond acceptors (Lipinski definition) is 2. The highest BCUT2D eigenvalue weighted by Crippen LogP contribution is 2.40. The van der Waals surface area contributed by atoms with Crippen LogP contribution >= 0.6 is 0 Å². The smallest absolute Gasteiger partial charge is 0.163 e. The summed E-state index contributed by atoms with van der Waals surface area (Å²) < 4.78 is 0. The standard InChI is InChI=1S/C21H20O2/c1-2-17-19(14-20(22)16-11-7-4-8-12-16)18(13-21(17)23)15-9-5-3-6-10-15/h3-13,17,19H,2,14H2,1H3/t17-,19-/m0/s1. The first-order valence-electron chi connectivity index (χ1n) is 8.09. The quantitative estimate of drug-likeness (QED) is 0.758. The Morgan fingerprint density at radius 1 is 0.913 bits per heavy atom. The van der Waals surface area contributed by atoms with Gasteiger partial charge in [-0.15, -0.1) is 0 Å². The van der Waals surface area contributed by atoms with E-state index in [9.17, 15) is 9.59 Å². The largest absolute Gasteiger partial charge is 0.295 e. The Bertz CT molecular complexity index is 729. The molecular weight excluding hydrogens is 284 g/mol. The Morgan fingerprint density at radius 3 is 2.13 bits per heavy atom. The molecule has 0 heterocycles. The van der Waals surface area contributed by atoms with E-state index in [4.69, 9.17) is 0 Å².